The number of nitrogen functional groups attached to an aromatic ring is 1. The number of aryl methyl sites for hydroxylation is 1. The molecule has 2 aliphatic rings. The van der Waals surface area contributed by atoms with Gasteiger partial charge >= 0.3 is 5.97 Å². The zero-order chi connectivity index (χ0) is 20.4. The predicted molar refractivity (Wildman–Crippen MR) is 107 cm³/mol. The molecule has 146 valence electrons. The van der Waals surface area contributed by atoms with Gasteiger partial charge < -0.3 is 27.0 Å². The van der Waals surface area contributed by atoms with Gasteiger partial charge in [-0.3, -0.25) is 9.59 Å². The smallest absolute Gasteiger partial charge is 0.317 e. The SMILES string of the molecule is COc1ccc(C2(N)C(=O)C(N)C3c4c2ccc(N)c4SC3C(=O)O)c(C)c1. The topological polar surface area (TPSA) is 142 Å². The van der Waals surface area contributed by atoms with E-state index in [0.717, 1.165) is 17.3 Å². The molecule has 0 spiro atoms. The van der Waals surface area contributed by atoms with E-state index >= 15 is 0 Å². The van der Waals surface area contributed by atoms with Gasteiger partial charge in [-0.2, -0.15) is 0 Å². The number of carbonyl (C=O) groups excluding carboxylic acids is 1. The number of Topliss-reactive ketones (excluding diaryl/α,β-unsaturated/α-hetero) is 1. The average molecular weight is 399 g/mol. The van der Waals surface area contributed by atoms with Crippen LogP contribution < -0.4 is 21.9 Å². The van der Waals surface area contributed by atoms with Gasteiger partial charge in [-0.1, -0.05) is 12.1 Å². The van der Waals surface area contributed by atoms with Crippen LogP contribution in [0.1, 0.15) is 28.2 Å². The third kappa shape index (κ3) is 2.32. The molecule has 4 atom stereocenters. The molecule has 0 radical (unpaired) electrons. The van der Waals surface area contributed by atoms with Gasteiger partial charge in [0, 0.05) is 16.5 Å². The Morgan fingerprint density at radius 1 is 1.25 bits per heavy atom. The molecule has 1 aliphatic carbocycles. The molecular formula is C20H21N3O4S. The van der Waals surface area contributed by atoms with Crippen molar-refractivity contribution >= 4 is 29.2 Å². The Labute approximate surface area is 166 Å². The number of carboxylic acids is 1. The van der Waals surface area contributed by atoms with Crippen molar-refractivity contribution < 1.29 is 19.4 Å². The maximum Gasteiger partial charge on any atom is 0.317 e. The number of methoxy groups -OCH3 is 1. The van der Waals surface area contributed by atoms with Crippen molar-refractivity contribution in [3.8, 4) is 5.75 Å². The van der Waals surface area contributed by atoms with Gasteiger partial charge in [-0.15, -0.1) is 11.8 Å². The van der Waals surface area contributed by atoms with Crippen molar-refractivity contribution in [3.05, 3.63) is 52.6 Å². The Balaban J connectivity index is 2.01. The van der Waals surface area contributed by atoms with Crippen molar-refractivity contribution in [1.82, 2.24) is 0 Å². The number of ether oxygens (including phenoxy) is 1. The van der Waals surface area contributed by atoms with Gasteiger partial charge in [0.1, 0.15) is 16.5 Å². The fourth-order valence-corrected chi connectivity index (χ4v) is 5.77. The first kappa shape index (κ1) is 18.8. The number of rotatable bonds is 3. The summed E-state index contributed by atoms with van der Waals surface area (Å²) in [5.74, 6) is -1.44. The van der Waals surface area contributed by atoms with Crippen molar-refractivity contribution in [3.63, 3.8) is 0 Å². The summed E-state index contributed by atoms with van der Waals surface area (Å²) in [4.78, 5) is 25.9. The summed E-state index contributed by atoms with van der Waals surface area (Å²) >= 11 is 1.14. The molecule has 7 nitrogen and oxygen atoms in total. The Kier molecular flexibility index (Phi) is 4.18. The van der Waals surface area contributed by atoms with E-state index in [4.69, 9.17) is 21.9 Å². The Bertz CT molecular complexity index is 1020. The number of hydrogen-bond donors (Lipinski definition) is 4. The minimum atomic E-state index is -1.49. The van der Waals surface area contributed by atoms with Gasteiger partial charge in [0.15, 0.2) is 5.78 Å². The molecular weight excluding hydrogens is 378 g/mol. The van der Waals surface area contributed by atoms with Crippen LogP contribution in [-0.2, 0) is 15.1 Å². The summed E-state index contributed by atoms with van der Waals surface area (Å²) in [6, 6.07) is 7.66. The number of carbonyl (C=O) groups is 2. The highest BCUT2D eigenvalue weighted by molar-refractivity contribution is 8.01. The van der Waals surface area contributed by atoms with E-state index < -0.39 is 34.5 Å². The summed E-state index contributed by atoms with van der Waals surface area (Å²) in [5.41, 5.74) is 20.8. The molecule has 1 aliphatic heterocycles. The molecule has 0 fully saturated rings. The van der Waals surface area contributed by atoms with Crippen LogP contribution in [0.25, 0.3) is 0 Å². The Hall–Kier alpha value is -2.55. The minimum absolute atomic E-state index is 0.400. The van der Waals surface area contributed by atoms with Crippen LogP contribution >= 0.6 is 11.8 Å². The van der Waals surface area contributed by atoms with Crippen molar-refractivity contribution in [1.29, 1.82) is 0 Å². The average Bonchev–Trinajstić information content (AvgIpc) is 3.07. The van der Waals surface area contributed by atoms with Crippen LogP contribution in [0.2, 0.25) is 0 Å². The number of hydrogen-bond acceptors (Lipinski definition) is 7. The standard InChI is InChI=1S/C20H21N3O4S/c1-8-7-9(27-2)3-4-10(8)20(23)11-5-6-12(21)16-13(11)14(15(22)18(20)24)17(28-16)19(25)26/h3-7,14-15,17H,21-23H2,1-2H3,(H,25,26). The molecule has 4 unspecified atom stereocenters. The van der Waals surface area contributed by atoms with Gasteiger partial charge in [0.25, 0.3) is 0 Å². The van der Waals surface area contributed by atoms with E-state index in [2.05, 4.69) is 0 Å². The molecule has 0 saturated carbocycles. The second kappa shape index (κ2) is 6.23. The molecule has 0 saturated heterocycles. The van der Waals surface area contributed by atoms with Gasteiger partial charge in [0.05, 0.1) is 13.2 Å². The lowest BCUT2D eigenvalue weighted by Gasteiger charge is -2.41. The van der Waals surface area contributed by atoms with E-state index in [0.29, 0.717) is 33.0 Å². The lowest BCUT2D eigenvalue weighted by Crippen LogP contribution is -2.60. The summed E-state index contributed by atoms with van der Waals surface area (Å²) in [6.45, 7) is 1.85. The molecule has 2 aromatic carbocycles. The molecule has 28 heavy (non-hydrogen) atoms. The van der Waals surface area contributed by atoms with E-state index in [-0.39, 0.29) is 0 Å². The zero-order valence-corrected chi connectivity index (χ0v) is 16.2. The fraction of sp³-hybridized carbons (Fsp3) is 0.300. The molecule has 4 rings (SSSR count). The molecule has 0 bridgehead atoms. The lowest BCUT2D eigenvalue weighted by molar-refractivity contribution is -0.137. The lowest BCUT2D eigenvalue weighted by atomic mass is 9.65. The van der Waals surface area contributed by atoms with Gasteiger partial charge in [0.2, 0.25) is 0 Å². The first-order valence-electron chi connectivity index (χ1n) is 8.78. The van der Waals surface area contributed by atoms with Crippen LogP contribution in [0.3, 0.4) is 0 Å². The normalized spacial score (nSPS) is 28.1. The molecule has 0 amide bonds. The summed E-state index contributed by atoms with van der Waals surface area (Å²) in [7, 11) is 1.56. The Morgan fingerprint density at radius 3 is 2.54 bits per heavy atom. The molecule has 1 heterocycles. The molecule has 7 N–H and O–H groups in total. The quantitative estimate of drug-likeness (QED) is 0.567. The van der Waals surface area contributed by atoms with E-state index in [9.17, 15) is 14.7 Å². The summed E-state index contributed by atoms with van der Waals surface area (Å²) in [5, 5.41) is 8.80. The van der Waals surface area contributed by atoms with Crippen molar-refractivity contribution in [2.24, 2.45) is 11.5 Å². The predicted octanol–water partition coefficient (Wildman–Crippen LogP) is 1.34. The number of thioether (sulfide) groups is 1. The third-order valence-corrected chi connectivity index (χ3v) is 7.18. The van der Waals surface area contributed by atoms with Gasteiger partial charge in [-0.05, 0) is 47.4 Å². The van der Waals surface area contributed by atoms with Crippen LogP contribution in [0.5, 0.6) is 5.75 Å². The van der Waals surface area contributed by atoms with E-state index in [1.165, 1.54) is 0 Å². The largest absolute Gasteiger partial charge is 0.497 e. The van der Waals surface area contributed by atoms with Crippen LogP contribution in [0.15, 0.2) is 35.2 Å². The molecule has 0 aromatic heterocycles. The Morgan fingerprint density at radius 2 is 1.93 bits per heavy atom. The number of anilines is 1. The first-order chi connectivity index (χ1) is 13.2. The molecule has 2 aromatic rings. The number of aliphatic carboxylic acids is 1. The minimum Gasteiger partial charge on any atom is -0.497 e. The van der Waals surface area contributed by atoms with Crippen LogP contribution in [0, 0.1) is 6.92 Å². The second-order valence-corrected chi connectivity index (χ2v) is 8.38. The summed E-state index contributed by atoms with van der Waals surface area (Å²) in [6.07, 6.45) is 0. The highest BCUT2D eigenvalue weighted by Crippen LogP contribution is 2.56. The van der Waals surface area contributed by atoms with Crippen molar-refractivity contribution in [2.45, 2.75) is 34.6 Å². The number of nitrogens with two attached hydrogens (primary N) is 3. The first-order valence-corrected chi connectivity index (χ1v) is 9.66. The van der Waals surface area contributed by atoms with Gasteiger partial charge in [-0.25, -0.2) is 0 Å². The number of carboxylic acid groups (broad SMARTS) is 1. The second-order valence-electron chi connectivity index (χ2n) is 7.23. The third-order valence-electron chi connectivity index (χ3n) is 5.74. The zero-order valence-electron chi connectivity index (χ0n) is 15.4. The fourth-order valence-electron chi connectivity index (χ4n) is 4.39. The van der Waals surface area contributed by atoms with E-state index in [1.54, 1.807) is 37.4 Å². The van der Waals surface area contributed by atoms with Crippen molar-refractivity contribution in [2.75, 3.05) is 12.8 Å². The highest BCUT2D eigenvalue weighted by atomic mass is 32.2. The number of ketones is 1. The maximum atomic E-state index is 13.4. The highest BCUT2D eigenvalue weighted by Gasteiger charge is 2.57. The van der Waals surface area contributed by atoms with Crippen LogP contribution in [-0.4, -0.2) is 35.3 Å². The summed E-state index contributed by atoms with van der Waals surface area (Å²) < 4.78 is 5.25. The van der Waals surface area contributed by atoms with E-state index in [1.807, 2.05) is 6.92 Å². The molecule has 8 heteroatoms. The number of benzene rings is 2. The monoisotopic (exact) mass is 399 g/mol. The van der Waals surface area contributed by atoms with Crippen LogP contribution in [0.4, 0.5) is 5.69 Å². The maximum absolute atomic E-state index is 13.4.